The number of anilines is 1. The van der Waals surface area contributed by atoms with Crippen LogP contribution in [-0.4, -0.2) is 0 Å². The second kappa shape index (κ2) is 4.03. The summed E-state index contributed by atoms with van der Waals surface area (Å²) in [7, 11) is 0. The lowest BCUT2D eigenvalue weighted by Gasteiger charge is -2.07. The third kappa shape index (κ3) is 2.54. The summed E-state index contributed by atoms with van der Waals surface area (Å²) >= 11 is 0. The molecular formula is C10H11F2N. The second-order valence-electron chi connectivity index (χ2n) is 2.71. The Morgan fingerprint density at radius 3 is 2.69 bits per heavy atom. The van der Waals surface area contributed by atoms with Crippen molar-refractivity contribution in [3.63, 3.8) is 0 Å². The van der Waals surface area contributed by atoms with Crippen LogP contribution in [0.2, 0.25) is 0 Å². The van der Waals surface area contributed by atoms with Gasteiger partial charge in [0.15, 0.2) is 0 Å². The highest BCUT2D eigenvalue weighted by Gasteiger charge is 2.02. The fraction of sp³-hybridized carbons (Fsp3) is 0.200. The highest BCUT2D eigenvalue weighted by Crippen LogP contribution is 2.16. The SMILES string of the molecule is C=C(CC)Nc1ccc(F)cc1F. The van der Waals surface area contributed by atoms with Crippen molar-refractivity contribution in [2.75, 3.05) is 5.32 Å². The van der Waals surface area contributed by atoms with E-state index in [0.717, 1.165) is 6.07 Å². The lowest BCUT2D eigenvalue weighted by molar-refractivity contribution is 0.585. The molecule has 0 bridgehead atoms. The molecule has 0 fully saturated rings. The van der Waals surface area contributed by atoms with Crippen LogP contribution in [-0.2, 0) is 0 Å². The van der Waals surface area contributed by atoms with E-state index in [1.807, 2.05) is 6.92 Å². The number of benzene rings is 1. The topological polar surface area (TPSA) is 12.0 Å². The Bertz CT molecular complexity index is 321. The van der Waals surface area contributed by atoms with Crippen molar-refractivity contribution >= 4 is 5.69 Å². The van der Waals surface area contributed by atoms with Gasteiger partial charge >= 0.3 is 0 Å². The molecule has 0 aliphatic heterocycles. The minimum Gasteiger partial charge on any atom is -0.357 e. The Labute approximate surface area is 76.1 Å². The smallest absolute Gasteiger partial charge is 0.149 e. The molecule has 0 aromatic heterocycles. The van der Waals surface area contributed by atoms with Crippen molar-refractivity contribution in [1.29, 1.82) is 0 Å². The Morgan fingerprint density at radius 2 is 2.15 bits per heavy atom. The zero-order valence-corrected chi connectivity index (χ0v) is 7.40. The van der Waals surface area contributed by atoms with Gasteiger partial charge < -0.3 is 5.32 Å². The van der Waals surface area contributed by atoms with E-state index >= 15 is 0 Å². The molecule has 3 heteroatoms. The molecule has 0 amide bonds. The van der Waals surface area contributed by atoms with Gasteiger partial charge in [0.05, 0.1) is 5.69 Å². The minimum atomic E-state index is -0.602. The van der Waals surface area contributed by atoms with E-state index in [2.05, 4.69) is 11.9 Å². The van der Waals surface area contributed by atoms with Crippen LogP contribution >= 0.6 is 0 Å². The summed E-state index contributed by atoms with van der Waals surface area (Å²) in [5, 5.41) is 2.75. The van der Waals surface area contributed by atoms with Gasteiger partial charge in [0, 0.05) is 11.8 Å². The van der Waals surface area contributed by atoms with Gasteiger partial charge in [0.25, 0.3) is 0 Å². The van der Waals surface area contributed by atoms with Crippen LogP contribution in [0.1, 0.15) is 13.3 Å². The molecule has 1 rings (SSSR count). The molecule has 1 aromatic rings. The quantitative estimate of drug-likeness (QED) is 0.758. The first-order chi connectivity index (χ1) is 6.13. The van der Waals surface area contributed by atoms with Gasteiger partial charge in [0.2, 0.25) is 0 Å². The van der Waals surface area contributed by atoms with Crippen LogP contribution in [0.5, 0.6) is 0 Å². The molecule has 70 valence electrons. The molecule has 0 saturated heterocycles. The standard InChI is InChI=1S/C10H11F2N/c1-3-7(2)13-10-5-4-8(11)6-9(10)12/h4-6,13H,2-3H2,1H3. The number of nitrogens with one attached hydrogen (secondary N) is 1. The first-order valence-electron chi connectivity index (χ1n) is 4.03. The molecule has 0 aliphatic carbocycles. The van der Waals surface area contributed by atoms with E-state index in [1.165, 1.54) is 12.1 Å². The van der Waals surface area contributed by atoms with E-state index < -0.39 is 11.6 Å². The van der Waals surface area contributed by atoms with Gasteiger partial charge in [-0.1, -0.05) is 13.5 Å². The molecule has 0 heterocycles. The number of allylic oxidation sites excluding steroid dienone is 1. The van der Waals surface area contributed by atoms with Crippen molar-refractivity contribution in [2.45, 2.75) is 13.3 Å². The molecule has 1 aromatic carbocycles. The van der Waals surface area contributed by atoms with Crippen molar-refractivity contribution in [3.05, 3.63) is 42.1 Å². The van der Waals surface area contributed by atoms with Crippen LogP contribution < -0.4 is 5.32 Å². The largest absolute Gasteiger partial charge is 0.357 e. The van der Waals surface area contributed by atoms with E-state index in [-0.39, 0.29) is 5.69 Å². The fourth-order valence-corrected chi connectivity index (χ4v) is 0.870. The fourth-order valence-electron chi connectivity index (χ4n) is 0.870. The monoisotopic (exact) mass is 183 g/mol. The van der Waals surface area contributed by atoms with E-state index in [9.17, 15) is 8.78 Å². The molecule has 0 radical (unpaired) electrons. The lowest BCUT2D eigenvalue weighted by Crippen LogP contribution is -1.99. The first-order valence-corrected chi connectivity index (χ1v) is 4.03. The maximum atomic E-state index is 13.0. The van der Waals surface area contributed by atoms with E-state index in [4.69, 9.17) is 0 Å². The molecule has 0 aliphatic rings. The molecule has 0 saturated carbocycles. The number of hydrogen-bond donors (Lipinski definition) is 1. The lowest BCUT2D eigenvalue weighted by atomic mass is 10.2. The van der Waals surface area contributed by atoms with Gasteiger partial charge in [-0.25, -0.2) is 8.78 Å². The summed E-state index contributed by atoms with van der Waals surface area (Å²) in [6.07, 6.45) is 0.705. The Hall–Kier alpha value is -1.38. The van der Waals surface area contributed by atoms with Gasteiger partial charge in [-0.15, -0.1) is 0 Å². The Morgan fingerprint density at radius 1 is 1.46 bits per heavy atom. The number of hydrogen-bond acceptors (Lipinski definition) is 1. The molecule has 1 N–H and O–H groups in total. The molecule has 13 heavy (non-hydrogen) atoms. The maximum absolute atomic E-state index is 13.0. The Kier molecular flexibility index (Phi) is 3.01. The van der Waals surface area contributed by atoms with Gasteiger partial charge in [0.1, 0.15) is 11.6 Å². The van der Waals surface area contributed by atoms with Gasteiger partial charge in [-0.3, -0.25) is 0 Å². The zero-order valence-electron chi connectivity index (χ0n) is 7.40. The average molecular weight is 183 g/mol. The van der Waals surface area contributed by atoms with Gasteiger partial charge in [-0.05, 0) is 18.6 Å². The third-order valence-corrected chi connectivity index (χ3v) is 1.67. The van der Waals surface area contributed by atoms with Crippen LogP contribution in [0.15, 0.2) is 30.5 Å². The number of halogens is 2. The predicted molar refractivity (Wildman–Crippen MR) is 49.4 cm³/mol. The molecule has 0 unspecified atom stereocenters. The van der Waals surface area contributed by atoms with Gasteiger partial charge in [-0.2, -0.15) is 0 Å². The van der Waals surface area contributed by atoms with Crippen molar-refractivity contribution in [1.82, 2.24) is 0 Å². The predicted octanol–water partition coefficient (Wildman–Crippen LogP) is 3.30. The molecule has 0 atom stereocenters. The van der Waals surface area contributed by atoms with Crippen LogP contribution in [0.25, 0.3) is 0 Å². The van der Waals surface area contributed by atoms with Crippen LogP contribution in [0.3, 0.4) is 0 Å². The van der Waals surface area contributed by atoms with Crippen molar-refractivity contribution < 1.29 is 8.78 Å². The van der Waals surface area contributed by atoms with E-state index in [1.54, 1.807) is 0 Å². The van der Waals surface area contributed by atoms with Crippen molar-refractivity contribution in [2.24, 2.45) is 0 Å². The van der Waals surface area contributed by atoms with Crippen LogP contribution in [0.4, 0.5) is 14.5 Å². The molecule has 1 nitrogen and oxygen atoms in total. The summed E-state index contributed by atoms with van der Waals surface area (Å²) in [6.45, 7) is 5.56. The summed E-state index contributed by atoms with van der Waals surface area (Å²) < 4.78 is 25.5. The average Bonchev–Trinajstić information content (AvgIpc) is 2.09. The van der Waals surface area contributed by atoms with Crippen molar-refractivity contribution in [3.8, 4) is 0 Å². The summed E-state index contributed by atoms with van der Waals surface area (Å²) in [5.41, 5.74) is 0.957. The maximum Gasteiger partial charge on any atom is 0.149 e. The summed E-state index contributed by atoms with van der Waals surface area (Å²) in [4.78, 5) is 0. The number of rotatable bonds is 3. The van der Waals surface area contributed by atoms with E-state index in [0.29, 0.717) is 12.1 Å². The third-order valence-electron chi connectivity index (χ3n) is 1.67. The Balaban J connectivity index is 2.83. The minimum absolute atomic E-state index is 0.258. The molecular weight excluding hydrogens is 172 g/mol. The first kappa shape index (κ1) is 9.71. The molecule has 0 spiro atoms. The highest BCUT2D eigenvalue weighted by atomic mass is 19.1. The second-order valence-corrected chi connectivity index (χ2v) is 2.71. The highest BCUT2D eigenvalue weighted by molar-refractivity contribution is 5.48. The summed E-state index contributed by atoms with van der Waals surface area (Å²) in [6, 6.07) is 3.39. The van der Waals surface area contributed by atoms with Crippen LogP contribution in [0, 0.1) is 11.6 Å². The normalized spacial score (nSPS) is 9.77. The summed E-state index contributed by atoms with van der Waals surface area (Å²) in [5.74, 6) is -1.18. The zero-order chi connectivity index (χ0) is 9.84.